The summed E-state index contributed by atoms with van der Waals surface area (Å²) in [6, 6.07) is 7.40. The van der Waals surface area contributed by atoms with E-state index in [2.05, 4.69) is 10.1 Å². The summed E-state index contributed by atoms with van der Waals surface area (Å²) >= 11 is 0. The quantitative estimate of drug-likeness (QED) is 0.707. The molecule has 0 saturated heterocycles. The molecule has 1 rings (SSSR count). The number of hydrogen-bond acceptors (Lipinski definition) is 5. The van der Waals surface area contributed by atoms with Crippen LogP contribution >= 0.6 is 0 Å². The summed E-state index contributed by atoms with van der Waals surface area (Å²) in [5.74, 6) is -1.77. The topological polar surface area (TPSA) is 105 Å². The molecule has 0 aliphatic carbocycles. The van der Waals surface area contributed by atoms with Gasteiger partial charge in [0, 0.05) is 0 Å². The van der Waals surface area contributed by atoms with Crippen molar-refractivity contribution in [3.8, 4) is 0 Å². The summed E-state index contributed by atoms with van der Waals surface area (Å²) in [7, 11) is 0. The summed E-state index contributed by atoms with van der Waals surface area (Å²) in [6.45, 7) is 1.44. The van der Waals surface area contributed by atoms with E-state index < -0.39 is 24.0 Å². The predicted octanol–water partition coefficient (Wildman–Crippen LogP) is 0.675. The summed E-state index contributed by atoms with van der Waals surface area (Å²) in [6.07, 6.45) is -0.856. The van der Waals surface area contributed by atoms with Crippen molar-refractivity contribution in [1.82, 2.24) is 10.6 Å². The van der Waals surface area contributed by atoms with Gasteiger partial charge in [0.2, 0.25) is 5.91 Å². The van der Waals surface area contributed by atoms with Gasteiger partial charge in [0.25, 0.3) is 0 Å². The van der Waals surface area contributed by atoms with Gasteiger partial charge in [-0.05, 0) is 12.5 Å². The van der Waals surface area contributed by atoms with Gasteiger partial charge in [-0.2, -0.15) is 0 Å². The Kier molecular flexibility index (Phi) is 6.18. The predicted molar refractivity (Wildman–Crippen MR) is 70.0 cm³/mol. The molecule has 3 N–H and O–H groups in total. The fourth-order valence-corrected chi connectivity index (χ4v) is 1.51. The molecule has 1 unspecified atom stereocenters. The van der Waals surface area contributed by atoms with Crippen LogP contribution in [0, 0.1) is 0 Å². The molecule has 20 heavy (non-hydrogen) atoms. The van der Waals surface area contributed by atoms with Gasteiger partial charge in [0.15, 0.2) is 0 Å². The number of alkyl carbamates (subject to hydrolysis) is 1. The largest absolute Gasteiger partial charge is 0.480 e. The fraction of sp³-hybridized carbons (Fsp3) is 0.308. The third kappa shape index (κ3) is 5.07. The highest BCUT2D eigenvalue weighted by atomic mass is 16.5. The van der Waals surface area contributed by atoms with E-state index in [-0.39, 0.29) is 13.2 Å². The molecule has 1 aromatic carbocycles. The van der Waals surface area contributed by atoms with E-state index in [1.165, 1.54) is 0 Å². The van der Waals surface area contributed by atoms with E-state index in [0.717, 1.165) is 0 Å². The Balaban J connectivity index is 2.54. The molecule has 0 bridgehead atoms. The fourth-order valence-electron chi connectivity index (χ4n) is 1.51. The van der Waals surface area contributed by atoms with Gasteiger partial charge >= 0.3 is 12.1 Å². The molecule has 0 spiro atoms. The van der Waals surface area contributed by atoms with Gasteiger partial charge in [-0.25, -0.2) is 4.79 Å². The molecule has 2 amide bonds. The second-order valence-electron chi connectivity index (χ2n) is 3.83. The Hall–Kier alpha value is -2.41. The van der Waals surface area contributed by atoms with Crippen LogP contribution < -0.4 is 10.6 Å². The number of ether oxygens (including phenoxy) is 1. The molecular formula is C13H16N2O5. The first-order chi connectivity index (χ1) is 9.54. The zero-order valence-corrected chi connectivity index (χ0v) is 11.0. The molecule has 108 valence electrons. The smallest absolute Gasteiger partial charge is 0.413 e. The van der Waals surface area contributed by atoms with Crippen molar-refractivity contribution in [2.75, 3.05) is 13.2 Å². The zero-order chi connectivity index (χ0) is 15.0. The monoisotopic (exact) mass is 280 g/mol. The number of carbonyl (C=O) groups is 3. The molecule has 0 aliphatic rings. The Morgan fingerprint density at radius 1 is 1.25 bits per heavy atom. The highest BCUT2D eigenvalue weighted by molar-refractivity contribution is 5.93. The number of aliphatic carboxylic acids is 1. The highest BCUT2D eigenvalue weighted by Gasteiger charge is 2.20. The van der Waals surface area contributed by atoms with E-state index in [1.54, 1.807) is 37.3 Å². The standard InChI is InChI=1S/C13H16N2O5/c1-2-20-13(19)15-10(16)8-14-11(12(17)18)9-6-4-3-5-7-9/h3-7,11,14H,2,8H2,1H3,(H,17,18)(H,15,16,19). The minimum absolute atomic E-state index is 0.147. The first-order valence-corrected chi connectivity index (χ1v) is 6.02. The van der Waals surface area contributed by atoms with Crippen LogP contribution in [-0.4, -0.2) is 36.2 Å². The van der Waals surface area contributed by atoms with Crippen LogP contribution in [0.25, 0.3) is 0 Å². The number of imide groups is 1. The van der Waals surface area contributed by atoms with E-state index in [9.17, 15) is 14.4 Å². The lowest BCUT2D eigenvalue weighted by molar-refractivity contribution is -0.139. The summed E-state index contributed by atoms with van der Waals surface area (Å²) in [5.41, 5.74) is 0.518. The normalized spacial score (nSPS) is 11.4. The molecule has 0 radical (unpaired) electrons. The molecule has 0 aromatic heterocycles. The third-order valence-corrected chi connectivity index (χ3v) is 2.36. The molecule has 0 fully saturated rings. The molecular weight excluding hydrogens is 264 g/mol. The number of carbonyl (C=O) groups excluding carboxylic acids is 2. The lowest BCUT2D eigenvalue weighted by Crippen LogP contribution is -2.40. The number of benzene rings is 1. The van der Waals surface area contributed by atoms with Gasteiger partial charge in [-0.15, -0.1) is 0 Å². The van der Waals surface area contributed by atoms with Crippen LogP contribution in [0.15, 0.2) is 30.3 Å². The number of carboxylic acid groups (broad SMARTS) is 1. The van der Waals surface area contributed by atoms with Crippen molar-refractivity contribution in [3.05, 3.63) is 35.9 Å². The van der Waals surface area contributed by atoms with E-state index in [0.29, 0.717) is 5.56 Å². The van der Waals surface area contributed by atoms with E-state index >= 15 is 0 Å². The number of hydrogen-bond donors (Lipinski definition) is 3. The number of rotatable bonds is 6. The maximum Gasteiger partial charge on any atom is 0.413 e. The van der Waals surface area contributed by atoms with Crippen LogP contribution in [0.3, 0.4) is 0 Å². The van der Waals surface area contributed by atoms with Gasteiger partial charge in [0.1, 0.15) is 6.04 Å². The Morgan fingerprint density at radius 3 is 2.45 bits per heavy atom. The molecule has 7 nitrogen and oxygen atoms in total. The van der Waals surface area contributed by atoms with Crippen LogP contribution in [0.4, 0.5) is 4.79 Å². The molecule has 1 aromatic rings. The number of nitrogens with one attached hydrogen (secondary N) is 2. The third-order valence-electron chi connectivity index (χ3n) is 2.36. The highest BCUT2D eigenvalue weighted by Crippen LogP contribution is 2.11. The van der Waals surface area contributed by atoms with Gasteiger partial charge in [-0.1, -0.05) is 30.3 Å². The van der Waals surface area contributed by atoms with Crippen LogP contribution in [0.5, 0.6) is 0 Å². The van der Waals surface area contributed by atoms with E-state index in [1.807, 2.05) is 5.32 Å². The zero-order valence-electron chi connectivity index (χ0n) is 11.0. The number of amides is 2. The van der Waals surface area contributed by atoms with E-state index in [4.69, 9.17) is 5.11 Å². The SMILES string of the molecule is CCOC(=O)NC(=O)CNC(C(=O)O)c1ccccc1. The first kappa shape index (κ1) is 15.6. The van der Waals surface area contributed by atoms with Crippen molar-refractivity contribution in [2.24, 2.45) is 0 Å². The van der Waals surface area contributed by atoms with Crippen molar-refractivity contribution in [2.45, 2.75) is 13.0 Å². The van der Waals surface area contributed by atoms with Gasteiger partial charge in [-0.3, -0.25) is 20.2 Å². The summed E-state index contributed by atoms with van der Waals surface area (Å²) in [5, 5.41) is 13.7. The average molecular weight is 280 g/mol. The van der Waals surface area contributed by atoms with Crippen LogP contribution in [0.1, 0.15) is 18.5 Å². The maximum atomic E-state index is 11.4. The van der Waals surface area contributed by atoms with Crippen LogP contribution in [-0.2, 0) is 14.3 Å². The van der Waals surface area contributed by atoms with Gasteiger partial charge in [0.05, 0.1) is 13.2 Å². The van der Waals surface area contributed by atoms with Crippen molar-refractivity contribution >= 4 is 18.0 Å². The van der Waals surface area contributed by atoms with Crippen molar-refractivity contribution in [1.29, 1.82) is 0 Å². The van der Waals surface area contributed by atoms with Crippen molar-refractivity contribution < 1.29 is 24.2 Å². The molecule has 0 aliphatic heterocycles. The second-order valence-corrected chi connectivity index (χ2v) is 3.83. The molecule has 0 saturated carbocycles. The Morgan fingerprint density at radius 2 is 1.90 bits per heavy atom. The second kappa shape index (κ2) is 7.90. The molecule has 7 heteroatoms. The maximum absolute atomic E-state index is 11.4. The Bertz CT molecular complexity index is 475. The van der Waals surface area contributed by atoms with Crippen molar-refractivity contribution in [3.63, 3.8) is 0 Å². The summed E-state index contributed by atoms with van der Waals surface area (Å²) in [4.78, 5) is 33.6. The lowest BCUT2D eigenvalue weighted by atomic mass is 10.1. The first-order valence-electron chi connectivity index (χ1n) is 6.02. The average Bonchev–Trinajstić information content (AvgIpc) is 2.40. The summed E-state index contributed by atoms with van der Waals surface area (Å²) < 4.78 is 4.54. The molecule has 1 atom stereocenters. The molecule has 0 heterocycles. The Labute approximate surface area is 115 Å². The minimum atomic E-state index is -1.11. The minimum Gasteiger partial charge on any atom is -0.480 e. The van der Waals surface area contributed by atoms with Gasteiger partial charge < -0.3 is 9.84 Å². The lowest BCUT2D eigenvalue weighted by Gasteiger charge is -2.14. The number of carboxylic acids is 1. The van der Waals surface area contributed by atoms with Crippen LogP contribution in [0.2, 0.25) is 0 Å².